The number of amides is 1. The van der Waals surface area contributed by atoms with Gasteiger partial charge in [-0.25, -0.2) is 0 Å². The van der Waals surface area contributed by atoms with E-state index < -0.39 is 0 Å². The summed E-state index contributed by atoms with van der Waals surface area (Å²) in [5.74, 6) is 0.821. The lowest BCUT2D eigenvalue weighted by atomic mass is 10.0. The third-order valence-electron chi connectivity index (χ3n) is 4.06. The largest absolute Gasteiger partial charge is 0.324 e. The minimum Gasteiger partial charge on any atom is -0.324 e. The van der Waals surface area contributed by atoms with Crippen LogP contribution in [0.1, 0.15) is 26.2 Å². The van der Waals surface area contributed by atoms with Crippen molar-refractivity contribution in [3.63, 3.8) is 0 Å². The molecule has 0 saturated carbocycles. The normalized spacial score (nSPS) is 19.2. The van der Waals surface area contributed by atoms with E-state index in [1.165, 1.54) is 10.9 Å². The van der Waals surface area contributed by atoms with Gasteiger partial charge in [-0.05, 0) is 40.4 Å². The summed E-state index contributed by atoms with van der Waals surface area (Å²) >= 11 is 3.61. The van der Waals surface area contributed by atoms with Crippen molar-refractivity contribution in [1.82, 2.24) is 9.47 Å². The van der Waals surface area contributed by atoms with Crippen LogP contribution in [-0.2, 0) is 11.5 Å². The highest BCUT2D eigenvalue weighted by Crippen LogP contribution is 2.27. The lowest BCUT2D eigenvalue weighted by molar-refractivity contribution is -0.129. The smallest absolute Gasteiger partial charge is 0.224 e. The second-order valence-electron chi connectivity index (χ2n) is 5.57. The Hall–Kier alpha value is -1.29. The van der Waals surface area contributed by atoms with Crippen molar-refractivity contribution in [3.05, 3.63) is 34.9 Å². The molecule has 2 aromatic rings. The Balaban J connectivity index is 1.83. The summed E-state index contributed by atoms with van der Waals surface area (Å²) in [5, 5.41) is 1.20. The molecule has 0 aliphatic carbocycles. The third-order valence-corrected chi connectivity index (χ3v) is 4.72. The van der Waals surface area contributed by atoms with Gasteiger partial charge in [-0.15, -0.1) is 0 Å². The number of likely N-dealkylation sites (tertiary alicyclic amines) is 1. The zero-order valence-electron chi connectivity index (χ0n) is 11.7. The van der Waals surface area contributed by atoms with Crippen LogP contribution < -0.4 is 0 Å². The van der Waals surface area contributed by atoms with Gasteiger partial charge in [0.1, 0.15) is 0 Å². The van der Waals surface area contributed by atoms with Crippen molar-refractivity contribution in [2.24, 2.45) is 5.92 Å². The van der Waals surface area contributed by atoms with Gasteiger partial charge in [-0.3, -0.25) is 4.79 Å². The van der Waals surface area contributed by atoms with Crippen molar-refractivity contribution in [2.45, 2.75) is 32.9 Å². The molecule has 0 radical (unpaired) electrons. The fourth-order valence-electron chi connectivity index (χ4n) is 3.08. The van der Waals surface area contributed by atoms with E-state index in [9.17, 15) is 4.79 Å². The van der Waals surface area contributed by atoms with Crippen LogP contribution in [0, 0.1) is 5.92 Å². The van der Waals surface area contributed by atoms with Crippen LogP contribution in [-0.4, -0.2) is 21.9 Å². The van der Waals surface area contributed by atoms with E-state index in [2.05, 4.69) is 45.6 Å². The molecule has 1 unspecified atom stereocenters. The zero-order chi connectivity index (χ0) is 14.1. The first-order valence-corrected chi connectivity index (χ1v) is 8.00. The maximum Gasteiger partial charge on any atom is 0.224 e. The van der Waals surface area contributed by atoms with Gasteiger partial charge in [0.15, 0.2) is 0 Å². The topological polar surface area (TPSA) is 25.2 Å². The SMILES string of the molecule is CCCC1CC(=O)N(Cn2c(Br)cc3ccccc32)C1. The van der Waals surface area contributed by atoms with Crippen molar-refractivity contribution in [3.8, 4) is 0 Å². The standard InChI is InChI=1S/C16H19BrN2O/c1-2-5-12-8-16(20)18(10-12)11-19-14-7-4-3-6-13(14)9-15(19)17/h3-4,6-7,9,12H,2,5,8,10-11H2,1H3. The molecule has 1 aromatic heterocycles. The van der Waals surface area contributed by atoms with Crippen LogP contribution in [0.2, 0.25) is 0 Å². The number of benzene rings is 1. The van der Waals surface area contributed by atoms with E-state index in [1.807, 2.05) is 17.0 Å². The number of carbonyl (C=O) groups excluding carboxylic acids is 1. The number of carbonyl (C=O) groups is 1. The first kappa shape index (κ1) is 13.7. The number of fused-ring (bicyclic) bond motifs is 1. The Morgan fingerprint density at radius 3 is 2.95 bits per heavy atom. The first-order valence-electron chi connectivity index (χ1n) is 7.20. The molecule has 4 heteroatoms. The number of nitrogens with zero attached hydrogens (tertiary/aromatic N) is 2. The molecule has 1 aliphatic rings. The average Bonchev–Trinajstić information content (AvgIpc) is 2.92. The van der Waals surface area contributed by atoms with E-state index >= 15 is 0 Å². The van der Waals surface area contributed by atoms with Gasteiger partial charge in [0.25, 0.3) is 0 Å². The molecule has 1 aliphatic heterocycles. The number of para-hydroxylation sites is 1. The lowest BCUT2D eigenvalue weighted by Gasteiger charge is -2.19. The molecule has 1 atom stereocenters. The summed E-state index contributed by atoms with van der Waals surface area (Å²) in [6.07, 6.45) is 3.02. The van der Waals surface area contributed by atoms with Gasteiger partial charge in [0.2, 0.25) is 5.91 Å². The van der Waals surface area contributed by atoms with Gasteiger partial charge >= 0.3 is 0 Å². The molecule has 0 bridgehead atoms. The Bertz CT molecular complexity index is 634. The van der Waals surface area contributed by atoms with E-state index in [1.54, 1.807) is 0 Å². The van der Waals surface area contributed by atoms with Crippen LogP contribution in [0.15, 0.2) is 34.9 Å². The summed E-state index contributed by atoms with van der Waals surface area (Å²) in [6.45, 7) is 3.72. The van der Waals surface area contributed by atoms with Gasteiger partial charge in [0.05, 0.1) is 16.8 Å². The van der Waals surface area contributed by atoms with E-state index in [4.69, 9.17) is 0 Å². The van der Waals surface area contributed by atoms with Crippen molar-refractivity contribution in [2.75, 3.05) is 6.54 Å². The molecule has 2 heterocycles. The number of rotatable bonds is 4. The fraction of sp³-hybridized carbons (Fsp3) is 0.438. The van der Waals surface area contributed by atoms with Gasteiger partial charge in [-0.2, -0.15) is 0 Å². The second-order valence-corrected chi connectivity index (χ2v) is 6.38. The molecule has 1 fully saturated rings. The molecule has 3 nitrogen and oxygen atoms in total. The zero-order valence-corrected chi connectivity index (χ0v) is 13.3. The molecule has 20 heavy (non-hydrogen) atoms. The minimum atomic E-state index is 0.285. The average molecular weight is 335 g/mol. The molecular formula is C16H19BrN2O. The summed E-state index contributed by atoms with van der Waals surface area (Å²) < 4.78 is 3.20. The summed E-state index contributed by atoms with van der Waals surface area (Å²) in [7, 11) is 0. The Kier molecular flexibility index (Phi) is 3.83. The summed E-state index contributed by atoms with van der Waals surface area (Å²) in [6, 6.07) is 10.4. The maximum absolute atomic E-state index is 12.1. The molecule has 3 rings (SSSR count). The molecule has 1 amide bonds. The monoisotopic (exact) mass is 334 g/mol. The van der Waals surface area contributed by atoms with Crippen molar-refractivity contribution < 1.29 is 4.79 Å². The molecule has 1 saturated heterocycles. The van der Waals surface area contributed by atoms with Crippen molar-refractivity contribution in [1.29, 1.82) is 0 Å². The number of aromatic nitrogens is 1. The second kappa shape index (κ2) is 5.60. The maximum atomic E-state index is 12.1. The first-order chi connectivity index (χ1) is 9.69. The minimum absolute atomic E-state index is 0.285. The Morgan fingerprint density at radius 2 is 2.15 bits per heavy atom. The van der Waals surface area contributed by atoms with E-state index in [0.29, 0.717) is 19.0 Å². The Labute approximate surface area is 127 Å². The van der Waals surface area contributed by atoms with Crippen molar-refractivity contribution >= 4 is 32.7 Å². The Morgan fingerprint density at radius 1 is 1.35 bits per heavy atom. The van der Waals surface area contributed by atoms with Gasteiger partial charge < -0.3 is 9.47 Å². The van der Waals surface area contributed by atoms with Gasteiger partial charge in [0, 0.05) is 18.4 Å². The highest BCUT2D eigenvalue weighted by Gasteiger charge is 2.29. The molecule has 0 spiro atoms. The number of halogens is 1. The van der Waals surface area contributed by atoms with E-state index in [0.717, 1.165) is 24.0 Å². The summed E-state index contributed by atoms with van der Waals surface area (Å²) in [4.78, 5) is 14.1. The molecule has 0 N–H and O–H groups in total. The number of hydrogen-bond acceptors (Lipinski definition) is 1. The number of hydrogen-bond donors (Lipinski definition) is 0. The third kappa shape index (κ3) is 2.49. The van der Waals surface area contributed by atoms with Crippen LogP contribution in [0.3, 0.4) is 0 Å². The quantitative estimate of drug-likeness (QED) is 0.829. The fourth-order valence-corrected chi connectivity index (χ4v) is 3.63. The highest BCUT2D eigenvalue weighted by atomic mass is 79.9. The summed E-state index contributed by atoms with van der Waals surface area (Å²) in [5.41, 5.74) is 1.17. The predicted molar refractivity (Wildman–Crippen MR) is 84.4 cm³/mol. The van der Waals surface area contributed by atoms with Crippen LogP contribution in [0.4, 0.5) is 0 Å². The molecular weight excluding hydrogens is 316 g/mol. The van der Waals surface area contributed by atoms with Gasteiger partial charge in [-0.1, -0.05) is 31.5 Å². The van der Waals surface area contributed by atoms with Crippen LogP contribution in [0.25, 0.3) is 10.9 Å². The van der Waals surface area contributed by atoms with Crippen LogP contribution in [0.5, 0.6) is 0 Å². The predicted octanol–water partition coefficient (Wildman–Crippen LogP) is 4.01. The molecule has 1 aromatic carbocycles. The van der Waals surface area contributed by atoms with Crippen LogP contribution >= 0.6 is 15.9 Å². The lowest BCUT2D eigenvalue weighted by Crippen LogP contribution is -2.28. The highest BCUT2D eigenvalue weighted by molar-refractivity contribution is 9.10. The molecule has 106 valence electrons. The van der Waals surface area contributed by atoms with E-state index in [-0.39, 0.29) is 5.91 Å².